The number of nitrogens with zero attached hydrogens (tertiary/aromatic N) is 5. The van der Waals surface area contributed by atoms with Crippen LogP contribution in [0, 0.1) is 6.92 Å². The number of anilines is 1. The summed E-state index contributed by atoms with van der Waals surface area (Å²) in [6.45, 7) is 5.17. The highest BCUT2D eigenvalue weighted by molar-refractivity contribution is 6.31. The lowest BCUT2D eigenvalue weighted by Crippen LogP contribution is -2.38. The number of benzene rings is 1. The highest BCUT2D eigenvalue weighted by Crippen LogP contribution is 2.25. The first-order chi connectivity index (χ1) is 15.0. The molecule has 0 amide bonds. The second kappa shape index (κ2) is 9.73. The van der Waals surface area contributed by atoms with E-state index in [9.17, 15) is 0 Å². The van der Waals surface area contributed by atoms with Crippen LogP contribution in [0.3, 0.4) is 0 Å². The van der Waals surface area contributed by atoms with Crippen molar-refractivity contribution in [3.63, 3.8) is 0 Å². The van der Waals surface area contributed by atoms with Crippen molar-refractivity contribution in [1.82, 2.24) is 19.9 Å². The number of morpholine rings is 1. The third-order valence-corrected chi connectivity index (χ3v) is 5.73. The first-order valence-electron chi connectivity index (χ1n) is 10.5. The molecular weight excluding hydrogens is 410 g/mol. The molecule has 0 aliphatic carbocycles. The fraction of sp³-hybridized carbons (Fsp3) is 0.375. The van der Waals surface area contributed by atoms with Crippen LogP contribution in [0.4, 0.5) is 5.95 Å². The van der Waals surface area contributed by atoms with E-state index in [2.05, 4.69) is 33.1 Å². The van der Waals surface area contributed by atoms with Gasteiger partial charge in [0.25, 0.3) is 0 Å². The van der Waals surface area contributed by atoms with E-state index in [0.717, 1.165) is 59.5 Å². The van der Waals surface area contributed by atoms with Crippen molar-refractivity contribution in [2.24, 2.45) is 0 Å². The van der Waals surface area contributed by atoms with E-state index in [1.165, 1.54) is 5.56 Å². The predicted molar refractivity (Wildman–Crippen MR) is 124 cm³/mol. The van der Waals surface area contributed by atoms with Crippen molar-refractivity contribution in [2.75, 3.05) is 38.7 Å². The number of halogens is 1. The Morgan fingerprint density at radius 1 is 1.13 bits per heavy atom. The second-order valence-electron chi connectivity index (χ2n) is 8.19. The van der Waals surface area contributed by atoms with Gasteiger partial charge in [-0.2, -0.15) is 0 Å². The number of aryl methyl sites for hydroxylation is 1. The standard InChI is InChI=1S/C24H28ClN5O/c1-17-10-18(11-20-6-4-5-7-21(20)25)12-22(28-17)23-16-30(8-9-31-23)15-19-13-26-24(27-14-19)29(2)3/h4-7,10,12-14,23H,8-9,11,15-16H2,1-3H3/t23-/m1/s1. The molecule has 4 rings (SSSR count). The van der Waals surface area contributed by atoms with Crippen molar-refractivity contribution in [2.45, 2.75) is 26.0 Å². The molecule has 1 aromatic carbocycles. The zero-order valence-corrected chi connectivity index (χ0v) is 19.0. The lowest BCUT2D eigenvalue weighted by molar-refractivity contribution is -0.0351. The summed E-state index contributed by atoms with van der Waals surface area (Å²) in [5.41, 5.74) is 5.39. The summed E-state index contributed by atoms with van der Waals surface area (Å²) < 4.78 is 6.10. The molecule has 0 radical (unpaired) electrons. The molecule has 7 heteroatoms. The van der Waals surface area contributed by atoms with Crippen molar-refractivity contribution >= 4 is 17.5 Å². The normalized spacial score (nSPS) is 17.0. The van der Waals surface area contributed by atoms with Crippen LogP contribution >= 0.6 is 11.6 Å². The van der Waals surface area contributed by atoms with Crippen LogP contribution in [-0.2, 0) is 17.7 Å². The maximum Gasteiger partial charge on any atom is 0.224 e. The Hall–Kier alpha value is -2.54. The highest BCUT2D eigenvalue weighted by atomic mass is 35.5. The van der Waals surface area contributed by atoms with Crippen LogP contribution < -0.4 is 4.90 Å². The average molecular weight is 438 g/mol. The highest BCUT2D eigenvalue weighted by Gasteiger charge is 2.24. The van der Waals surface area contributed by atoms with E-state index in [1.807, 2.05) is 56.5 Å². The predicted octanol–water partition coefficient (Wildman–Crippen LogP) is 4.06. The summed E-state index contributed by atoms with van der Waals surface area (Å²) in [6.07, 6.45) is 4.53. The minimum Gasteiger partial charge on any atom is -0.369 e. The van der Waals surface area contributed by atoms with Gasteiger partial charge in [0.05, 0.1) is 12.3 Å². The fourth-order valence-corrected chi connectivity index (χ4v) is 4.04. The quantitative estimate of drug-likeness (QED) is 0.579. The Labute approximate surface area is 188 Å². The largest absolute Gasteiger partial charge is 0.369 e. The minimum atomic E-state index is -0.0550. The molecule has 0 N–H and O–H groups in total. The Morgan fingerprint density at radius 2 is 1.90 bits per heavy atom. The van der Waals surface area contributed by atoms with Crippen molar-refractivity contribution in [1.29, 1.82) is 0 Å². The maximum atomic E-state index is 6.37. The molecule has 1 aliphatic rings. The van der Waals surface area contributed by atoms with Gasteiger partial charge in [-0.05, 0) is 42.7 Å². The van der Waals surface area contributed by atoms with Crippen molar-refractivity contribution in [3.05, 3.63) is 81.9 Å². The molecule has 3 aromatic rings. The number of rotatable bonds is 6. The molecule has 0 bridgehead atoms. The van der Waals surface area contributed by atoms with Gasteiger partial charge in [-0.1, -0.05) is 29.8 Å². The van der Waals surface area contributed by atoms with E-state index >= 15 is 0 Å². The van der Waals surface area contributed by atoms with Crippen LogP contribution in [-0.4, -0.2) is 53.6 Å². The summed E-state index contributed by atoms with van der Waals surface area (Å²) in [7, 11) is 3.88. The van der Waals surface area contributed by atoms with Crippen LogP contribution in [0.5, 0.6) is 0 Å². The first kappa shape index (κ1) is 21.7. The first-order valence-corrected chi connectivity index (χ1v) is 10.9. The van der Waals surface area contributed by atoms with E-state index in [4.69, 9.17) is 21.3 Å². The van der Waals surface area contributed by atoms with Crippen molar-refractivity contribution in [3.8, 4) is 0 Å². The lowest BCUT2D eigenvalue weighted by Gasteiger charge is -2.32. The van der Waals surface area contributed by atoms with E-state index in [1.54, 1.807) is 0 Å². The second-order valence-corrected chi connectivity index (χ2v) is 8.60. The SMILES string of the molecule is Cc1cc(Cc2ccccc2Cl)cc([C@H]2CN(Cc3cnc(N(C)C)nc3)CCO2)n1. The minimum absolute atomic E-state index is 0.0550. The Kier molecular flexibility index (Phi) is 6.80. The number of hydrogen-bond acceptors (Lipinski definition) is 6. The lowest BCUT2D eigenvalue weighted by atomic mass is 10.0. The molecule has 162 valence electrons. The molecule has 31 heavy (non-hydrogen) atoms. The smallest absolute Gasteiger partial charge is 0.224 e. The summed E-state index contributed by atoms with van der Waals surface area (Å²) in [5, 5.41) is 0.793. The monoisotopic (exact) mass is 437 g/mol. The van der Waals surface area contributed by atoms with E-state index < -0.39 is 0 Å². The Bertz CT molecular complexity index is 1020. The van der Waals surface area contributed by atoms with Gasteiger partial charge < -0.3 is 9.64 Å². The molecule has 0 spiro atoms. The van der Waals surface area contributed by atoms with Gasteiger partial charge in [0, 0.05) is 62.4 Å². The van der Waals surface area contributed by atoms with Gasteiger partial charge in [0.2, 0.25) is 5.95 Å². The number of ether oxygens (including phenoxy) is 1. The zero-order chi connectivity index (χ0) is 21.8. The fourth-order valence-electron chi connectivity index (χ4n) is 3.84. The van der Waals surface area contributed by atoms with Gasteiger partial charge >= 0.3 is 0 Å². The molecule has 2 aromatic heterocycles. The summed E-state index contributed by atoms with van der Waals surface area (Å²) in [6, 6.07) is 12.3. The van der Waals surface area contributed by atoms with E-state index in [-0.39, 0.29) is 6.10 Å². The molecule has 1 saturated heterocycles. The van der Waals surface area contributed by atoms with Crippen LogP contribution in [0.1, 0.15) is 34.2 Å². The summed E-state index contributed by atoms with van der Waals surface area (Å²) >= 11 is 6.37. The summed E-state index contributed by atoms with van der Waals surface area (Å²) in [4.78, 5) is 17.9. The van der Waals surface area contributed by atoms with E-state index in [0.29, 0.717) is 6.61 Å². The zero-order valence-electron chi connectivity index (χ0n) is 18.3. The molecule has 0 unspecified atom stereocenters. The number of hydrogen-bond donors (Lipinski definition) is 0. The number of aromatic nitrogens is 3. The molecule has 1 aliphatic heterocycles. The Balaban J connectivity index is 1.46. The van der Waals surface area contributed by atoms with Gasteiger partial charge in [-0.3, -0.25) is 9.88 Å². The van der Waals surface area contributed by atoms with Crippen LogP contribution in [0.25, 0.3) is 0 Å². The molecule has 0 saturated carbocycles. The molecule has 1 atom stereocenters. The van der Waals surface area contributed by atoms with Gasteiger partial charge in [0.1, 0.15) is 6.10 Å². The summed E-state index contributed by atoms with van der Waals surface area (Å²) in [5.74, 6) is 0.721. The van der Waals surface area contributed by atoms with Crippen molar-refractivity contribution < 1.29 is 4.74 Å². The van der Waals surface area contributed by atoms with Crippen LogP contribution in [0.15, 0.2) is 48.8 Å². The maximum absolute atomic E-state index is 6.37. The molecule has 3 heterocycles. The molecule has 1 fully saturated rings. The van der Waals surface area contributed by atoms with Gasteiger partial charge in [-0.25, -0.2) is 9.97 Å². The number of pyridine rings is 1. The van der Waals surface area contributed by atoms with Gasteiger partial charge in [0.15, 0.2) is 0 Å². The average Bonchev–Trinajstić information content (AvgIpc) is 2.76. The molecular formula is C24H28ClN5O. The third-order valence-electron chi connectivity index (χ3n) is 5.36. The Morgan fingerprint density at radius 3 is 2.65 bits per heavy atom. The van der Waals surface area contributed by atoms with Crippen LogP contribution in [0.2, 0.25) is 5.02 Å². The van der Waals surface area contributed by atoms with Gasteiger partial charge in [-0.15, -0.1) is 0 Å². The third kappa shape index (κ3) is 5.58. The topological polar surface area (TPSA) is 54.4 Å². The molecule has 6 nitrogen and oxygen atoms in total.